The number of nitro groups is 1. The lowest BCUT2D eigenvalue weighted by molar-refractivity contribution is -0.384. The molecule has 7 nitrogen and oxygen atoms in total. The first-order valence-electron chi connectivity index (χ1n) is 6.08. The van der Waals surface area contributed by atoms with Crippen LogP contribution in [0.2, 0.25) is 5.15 Å². The second-order valence-corrected chi connectivity index (χ2v) is 4.73. The molecule has 2 rings (SSSR count). The summed E-state index contributed by atoms with van der Waals surface area (Å²) in [4.78, 5) is 18.7. The van der Waals surface area contributed by atoms with Gasteiger partial charge in [0.1, 0.15) is 5.82 Å². The monoisotopic (exact) mass is 286 g/mol. The van der Waals surface area contributed by atoms with Crippen molar-refractivity contribution >= 4 is 23.1 Å². The van der Waals surface area contributed by atoms with Crippen LogP contribution in [0.3, 0.4) is 0 Å². The van der Waals surface area contributed by atoms with Crippen LogP contribution < -0.4 is 5.32 Å². The average Bonchev–Trinajstić information content (AvgIpc) is 3.17. The summed E-state index contributed by atoms with van der Waals surface area (Å²) in [7, 11) is 1.61. The van der Waals surface area contributed by atoms with Crippen molar-refractivity contribution in [3.8, 4) is 0 Å². The van der Waals surface area contributed by atoms with Gasteiger partial charge in [-0.15, -0.1) is 0 Å². The summed E-state index contributed by atoms with van der Waals surface area (Å²) in [6, 6.07) is 0. The van der Waals surface area contributed by atoms with E-state index in [1.165, 1.54) is 0 Å². The molecule has 0 bridgehead atoms. The highest BCUT2D eigenvalue weighted by Crippen LogP contribution is 2.41. The Morgan fingerprint density at radius 3 is 2.84 bits per heavy atom. The van der Waals surface area contributed by atoms with E-state index in [9.17, 15) is 10.1 Å². The first-order valence-corrected chi connectivity index (χ1v) is 6.46. The Balaban J connectivity index is 2.18. The minimum atomic E-state index is -0.558. The van der Waals surface area contributed by atoms with E-state index in [0.29, 0.717) is 19.0 Å². The van der Waals surface area contributed by atoms with Crippen LogP contribution in [0.5, 0.6) is 0 Å². The molecule has 0 spiro atoms. The van der Waals surface area contributed by atoms with E-state index in [4.69, 9.17) is 16.3 Å². The normalized spacial score (nSPS) is 14.4. The fourth-order valence-electron chi connectivity index (χ4n) is 1.68. The Hall–Kier alpha value is -1.47. The van der Waals surface area contributed by atoms with Crippen molar-refractivity contribution in [3.63, 3.8) is 0 Å². The molecule has 0 aliphatic heterocycles. The molecule has 1 aromatic rings. The van der Waals surface area contributed by atoms with E-state index in [0.717, 1.165) is 19.3 Å². The minimum Gasteiger partial charge on any atom is -0.385 e. The highest BCUT2D eigenvalue weighted by Gasteiger charge is 2.31. The van der Waals surface area contributed by atoms with Gasteiger partial charge >= 0.3 is 5.69 Å². The quantitative estimate of drug-likeness (QED) is 0.358. The van der Waals surface area contributed by atoms with E-state index < -0.39 is 4.92 Å². The van der Waals surface area contributed by atoms with Crippen LogP contribution in [-0.4, -0.2) is 35.2 Å². The molecule has 8 heteroatoms. The van der Waals surface area contributed by atoms with Crippen molar-refractivity contribution < 1.29 is 9.66 Å². The number of rotatable bonds is 7. The third-order valence-electron chi connectivity index (χ3n) is 2.80. The molecule has 1 N–H and O–H groups in total. The maximum atomic E-state index is 11.0. The van der Waals surface area contributed by atoms with Crippen molar-refractivity contribution in [2.24, 2.45) is 0 Å². The van der Waals surface area contributed by atoms with Crippen LogP contribution >= 0.6 is 11.6 Å². The SMILES string of the molecule is COCCCNc1nc(C2CC2)nc(Cl)c1[N+](=O)[O-]. The van der Waals surface area contributed by atoms with Gasteiger partial charge in [-0.1, -0.05) is 11.6 Å². The molecule has 0 aromatic carbocycles. The van der Waals surface area contributed by atoms with E-state index in [-0.39, 0.29) is 22.6 Å². The molecular weight excluding hydrogens is 272 g/mol. The van der Waals surface area contributed by atoms with Gasteiger partial charge in [0, 0.05) is 26.2 Å². The molecule has 0 saturated heterocycles. The van der Waals surface area contributed by atoms with E-state index in [2.05, 4.69) is 15.3 Å². The summed E-state index contributed by atoms with van der Waals surface area (Å²) < 4.78 is 4.92. The first-order chi connectivity index (χ1) is 9.13. The molecular formula is C11H15ClN4O3. The van der Waals surface area contributed by atoms with Crippen LogP contribution in [0.4, 0.5) is 11.5 Å². The minimum absolute atomic E-state index is 0.101. The van der Waals surface area contributed by atoms with Gasteiger partial charge in [-0.3, -0.25) is 10.1 Å². The molecule has 104 valence electrons. The number of nitrogens with zero attached hydrogens (tertiary/aromatic N) is 3. The second-order valence-electron chi connectivity index (χ2n) is 4.37. The Morgan fingerprint density at radius 2 is 2.26 bits per heavy atom. The van der Waals surface area contributed by atoms with Crippen LogP contribution in [0.25, 0.3) is 0 Å². The summed E-state index contributed by atoms with van der Waals surface area (Å²) in [5, 5.41) is 13.8. The van der Waals surface area contributed by atoms with Crippen molar-refractivity contribution in [2.75, 3.05) is 25.6 Å². The van der Waals surface area contributed by atoms with Crippen LogP contribution in [0.1, 0.15) is 31.0 Å². The number of aromatic nitrogens is 2. The predicted molar refractivity (Wildman–Crippen MR) is 70.7 cm³/mol. The largest absolute Gasteiger partial charge is 0.385 e. The van der Waals surface area contributed by atoms with E-state index in [1.54, 1.807) is 7.11 Å². The van der Waals surface area contributed by atoms with Crippen molar-refractivity contribution in [3.05, 3.63) is 21.1 Å². The molecule has 1 aromatic heterocycles. The molecule has 0 radical (unpaired) electrons. The lowest BCUT2D eigenvalue weighted by atomic mass is 10.3. The van der Waals surface area contributed by atoms with E-state index in [1.807, 2.05) is 0 Å². The lowest BCUT2D eigenvalue weighted by Gasteiger charge is -2.08. The standard InChI is InChI=1S/C11H15ClN4O3/c1-19-6-2-5-13-11-8(16(17)18)9(12)14-10(15-11)7-3-4-7/h7H,2-6H2,1H3,(H,13,14,15). The number of anilines is 1. The van der Waals surface area contributed by atoms with Gasteiger partial charge in [-0.25, -0.2) is 9.97 Å². The number of hydrogen-bond donors (Lipinski definition) is 1. The molecule has 0 unspecified atom stereocenters. The van der Waals surface area contributed by atoms with Crippen molar-refractivity contribution in [1.82, 2.24) is 9.97 Å². The number of halogens is 1. The van der Waals surface area contributed by atoms with Gasteiger partial charge < -0.3 is 10.1 Å². The Kier molecular flexibility index (Phi) is 4.49. The summed E-state index contributed by atoms with van der Waals surface area (Å²) in [5.74, 6) is 1.07. The number of hydrogen-bond acceptors (Lipinski definition) is 6. The van der Waals surface area contributed by atoms with Crippen LogP contribution in [0.15, 0.2) is 0 Å². The third-order valence-corrected chi connectivity index (χ3v) is 3.07. The highest BCUT2D eigenvalue weighted by atomic mass is 35.5. The van der Waals surface area contributed by atoms with Gasteiger partial charge in [-0.2, -0.15) is 0 Å². The number of methoxy groups -OCH3 is 1. The Morgan fingerprint density at radius 1 is 1.53 bits per heavy atom. The van der Waals surface area contributed by atoms with Gasteiger partial charge in [0.05, 0.1) is 4.92 Å². The molecule has 1 fully saturated rings. The summed E-state index contributed by atoms with van der Waals surface area (Å²) in [5.41, 5.74) is -0.261. The smallest absolute Gasteiger partial charge is 0.348 e. The van der Waals surface area contributed by atoms with Gasteiger partial charge in [0.15, 0.2) is 0 Å². The fraction of sp³-hybridized carbons (Fsp3) is 0.636. The molecule has 1 heterocycles. The predicted octanol–water partition coefficient (Wildman–Crippen LogP) is 2.36. The lowest BCUT2D eigenvalue weighted by Crippen LogP contribution is -2.10. The maximum absolute atomic E-state index is 11.0. The third kappa shape index (κ3) is 3.51. The Labute approximate surface area is 115 Å². The summed E-state index contributed by atoms with van der Waals surface area (Å²) in [6.45, 7) is 1.11. The van der Waals surface area contributed by atoms with Crippen molar-refractivity contribution in [1.29, 1.82) is 0 Å². The average molecular weight is 287 g/mol. The van der Waals surface area contributed by atoms with Crippen molar-refractivity contribution in [2.45, 2.75) is 25.2 Å². The second kappa shape index (κ2) is 6.12. The fourth-order valence-corrected chi connectivity index (χ4v) is 1.92. The molecule has 0 atom stereocenters. The van der Waals surface area contributed by atoms with Crippen LogP contribution in [-0.2, 0) is 4.74 Å². The zero-order valence-electron chi connectivity index (χ0n) is 10.6. The molecule has 1 aliphatic carbocycles. The van der Waals surface area contributed by atoms with E-state index >= 15 is 0 Å². The number of nitrogens with one attached hydrogen (secondary N) is 1. The molecule has 1 saturated carbocycles. The first kappa shape index (κ1) is 14.0. The molecule has 0 amide bonds. The zero-order valence-corrected chi connectivity index (χ0v) is 11.3. The zero-order chi connectivity index (χ0) is 13.8. The van der Waals surface area contributed by atoms with Gasteiger partial charge in [-0.05, 0) is 19.3 Å². The number of ether oxygens (including phenoxy) is 1. The van der Waals surface area contributed by atoms with Gasteiger partial charge in [0.2, 0.25) is 11.0 Å². The van der Waals surface area contributed by atoms with Gasteiger partial charge in [0.25, 0.3) is 0 Å². The Bertz CT molecular complexity index is 479. The summed E-state index contributed by atoms with van der Waals surface area (Å²) in [6.07, 6.45) is 2.75. The molecule has 1 aliphatic rings. The maximum Gasteiger partial charge on any atom is 0.348 e. The topological polar surface area (TPSA) is 90.2 Å². The summed E-state index contributed by atoms with van der Waals surface area (Å²) >= 11 is 5.88. The van der Waals surface area contributed by atoms with Crippen LogP contribution in [0, 0.1) is 10.1 Å². The highest BCUT2D eigenvalue weighted by molar-refractivity contribution is 6.31. The molecule has 19 heavy (non-hydrogen) atoms.